The summed E-state index contributed by atoms with van der Waals surface area (Å²) in [6, 6.07) is -0.227. The normalized spacial score (nSPS) is 31.8. The summed E-state index contributed by atoms with van der Waals surface area (Å²) in [7, 11) is 0. The second-order valence-electron chi connectivity index (χ2n) is 10.0. The molecule has 1 aromatic heterocycles. The standard InChI is InChI=1S/C26H40N2O4S/c1-16-11-9-7-8-10-12-21(17(2)13-20-15-33-19(4)27-20)28-23(30)14-22(29)26(5,6)25(32)18(3)24(16)31/h8,10,13,15-16,18,21-22,24,29,31H,7,9,11-12,14H2,1-6H3,(H,28,30)/b10-8-,17-13+/t16-,18-,21?,22+,24+/m1/s1. The van der Waals surface area contributed by atoms with Crippen LogP contribution >= 0.6 is 11.3 Å². The molecule has 0 aliphatic carbocycles. The number of aliphatic hydroxyl groups excluding tert-OH is 2. The van der Waals surface area contributed by atoms with Gasteiger partial charge in [0, 0.05) is 11.3 Å². The minimum absolute atomic E-state index is 0.0269. The van der Waals surface area contributed by atoms with Gasteiger partial charge >= 0.3 is 0 Å². The van der Waals surface area contributed by atoms with Crippen LogP contribution in [0, 0.1) is 24.2 Å². The summed E-state index contributed by atoms with van der Waals surface area (Å²) in [5, 5.41) is 27.5. The number of nitrogens with one attached hydrogen (secondary N) is 1. The number of rotatable bonds is 2. The van der Waals surface area contributed by atoms with Crippen molar-refractivity contribution in [3.05, 3.63) is 33.8 Å². The third-order valence-corrected chi connectivity index (χ3v) is 7.61. The summed E-state index contributed by atoms with van der Waals surface area (Å²) in [5.74, 6) is -1.17. The first kappa shape index (κ1) is 27.4. The number of allylic oxidation sites excluding steroid dienone is 1. The molecule has 0 aromatic carbocycles. The van der Waals surface area contributed by atoms with Gasteiger partial charge in [-0.05, 0) is 57.1 Å². The lowest BCUT2D eigenvalue weighted by Gasteiger charge is -2.34. The first-order chi connectivity index (χ1) is 15.4. The minimum atomic E-state index is -1.15. The summed E-state index contributed by atoms with van der Waals surface area (Å²) < 4.78 is 0. The number of nitrogens with zero attached hydrogens (tertiary/aromatic N) is 1. The third-order valence-electron chi connectivity index (χ3n) is 6.82. The van der Waals surface area contributed by atoms with Crippen LogP contribution in [0.4, 0.5) is 0 Å². The highest BCUT2D eigenvalue weighted by Crippen LogP contribution is 2.31. The summed E-state index contributed by atoms with van der Waals surface area (Å²) in [6.07, 6.45) is 7.29. The molecule has 1 aromatic rings. The maximum atomic E-state index is 13.1. The van der Waals surface area contributed by atoms with Crippen molar-refractivity contribution in [2.75, 3.05) is 0 Å². The topological polar surface area (TPSA) is 99.5 Å². The number of aromatic nitrogens is 1. The van der Waals surface area contributed by atoms with Crippen molar-refractivity contribution in [3.63, 3.8) is 0 Å². The van der Waals surface area contributed by atoms with E-state index in [2.05, 4.69) is 22.5 Å². The second-order valence-corrected chi connectivity index (χ2v) is 11.1. The van der Waals surface area contributed by atoms with Crippen LogP contribution in [0.5, 0.6) is 0 Å². The molecule has 0 radical (unpaired) electrons. The zero-order chi connectivity index (χ0) is 24.8. The molecule has 0 saturated heterocycles. The molecule has 1 unspecified atom stereocenters. The van der Waals surface area contributed by atoms with Gasteiger partial charge in [-0.3, -0.25) is 9.59 Å². The van der Waals surface area contributed by atoms with Gasteiger partial charge in [0.1, 0.15) is 5.78 Å². The number of ketones is 1. The number of hydrogen-bond acceptors (Lipinski definition) is 6. The van der Waals surface area contributed by atoms with E-state index < -0.39 is 23.5 Å². The molecule has 33 heavy (non-hydrogen) atoms. The van der Waals surface area contributed by atoms with E-state index in [1.807, 2.05) is 32.2 Å². The van der Waals surface area contributed by atoms with Crippen LogP contribution in [-0.2, 0) is 9.59 Å². The van der Waals surface area contributed by atoms with Gasteiger partial charge < -0.3 is 15.5 Å². The zero-order valence-electron chi connectivity index (χ0n) is 20.8. The second kappa shape index (κ2) is 12.0. The Labute approximate surface area is 202 Å². The average molecular weight is 477 g/mol. The number of aryl methyl sites for hydroxylation is 1. The van der Waals surface area contributed by atoms with Crippen LogP contribution in [0.1, 0.15) is 77.4 Å². The molecule has 184 valence electrons. The Morgan fingerprint density at radius 3 is 2.58 bits per heavy atom. The van der Waals surface area contributed by atoms with Crippen molar-refractivity contribution in [2.45, 2.75) is 91.9 Å². The lowest BCUT2D eigenvalue weighted by atomic mass is 9.73. The fourth-order valence-corrected chi connectivity index (χ4v) is 4.87. The van der Waals surface area contributed by atoms with Gasteiger partial charge in [-0.15, -0.1) is 11.3 Å². The van der Waals surface area contributed by atoms with Crippen LogP contribution in [0.2, 0.25) is 0 Å². The Bertz CT molecular complexity index is 873. The summed E-state index contributed by atoms with van der Waals surface area (Å²) in [4.78, 5) is 30.5. The van der Waals surface area contributed by atoms with Crippen molar-refractivity contribution < 1.29 is 19.8 Å². The van der Waals surface area contributed by atoms with Crippen molar-refractivity contribution in [1.82, 2.24) is 10.3 Å². The van der Waals surface area contributed by atoms with E-state index >= 15 is 0 Å². The molecule has 0 bridgehead atoms. The van der Waals surface area contributed by atoms with Gasteiger partial charge in [-0.25, -0.2) is 4.98 Å². The minimum Gasteiger partial charge on any atom is -0.392 e. The molecule has 3 N–H and O–H groups in total. The van der Waals surface area contributed by atoms with Crippen LogP contribution in [0.15, 0.2) is 23.1 Å². The van der Waals surface area contributed by atoms with E-state index in [0.717, 1.165) is 35.5 Å². The number of carbonyl (C=O) groups is 2. The van der Waals surface area contributed by atoms with Gasteiger partial charge in [0.15, 0.2) is 0 Å². The van der Waals surface area contributed by atoms with Gasteiger partial charge in [-0.1, -0.05) is 39.8 Å². The summed E-state index contributed by atoms with van der Waals surface area (Å²) >= 11 is 1.58. The SMILES string of the molecule is C/C(=C\c1csc(C)n1)C1C/C=C\CCC[C@@H](C)[C@H](O)[C@@H](C)C(=O)C(C)(C)[C@@H](O)CC(=O)N1. The molecule has 1 aliphatic rings. The molecular formula is C26H40N2O4S. The van der Waals surface area contributed by atoms with Gasteiger partial charge in [0.2, 0.25) is 5.91 Å². The highest BCUT2D eigenvalue weighted by molar-refractivity contribution is 7.09. The summed E-state index contributed by atoms with van der Waals surface area (Å²) in [6.45, 7) is 10.9. The Morgan fingerprint density at radius 2 is 1.94 bits per heavy atom. The highest BCUT2D eigenvalue weighted by atomic mass is 32.1. The lowest BCUT2D eigenvalue weighted by Crippen LogP contribution is -2.47. The molecule has 0 spiro atoms. The van der Waals surface area contributed by atoms with E-state index in [9.17, 15) is 19.8 Å². The smallest absolute Gasteiger partial charge is 0.223 e. The molecule has 0 saturated carbocycles. The average Bonchev–Trinajstić information content (AvgIpc) is 3.16. The van der Waals surface area contributed by atoms with Crippen molar-refractivity contribution in [3.8, 4) is 0 Å². The van der Waals surface area contributed by atoms with Crippen LogP contribution in [0.25, 0.3) is 6.08 Å². The largest absolute Gasteiger partial charge is 0.392 e. The predicted octanol–water partition coefficient (Wildman–Crippen LogP) is 4.45. The van der Waals surface area contributed by atoms with E-state index in [1.54, 1.807) is 32.1 Å². The fourth-order valence-electron chi connectivity index (χ4n) is 4.30. The van der Waals surface area contributed by atoms with Crippen LogP contribution in [0.3, 0.4) is 0 Å². The number of hydrogen-bond donors (Lipinski definition) is 3. The summed E-state index contributed by atoms with van der Waals surface area (Å²) in [5.41, 5.74) is 0.704. The monoisotopic (exact) mass is 476 g/mol. The molecule has 1 amide bonds. The van der Waals surface area contributed by atoms with Crippen molar-refractivity contribution >= 4 is 29.1 Å². The van der Waals surface area contributed by atoms with Crippen molar-refractivity contribution in [1.29, 1.82) is 0 Å². The predicted molar refractivity (Wildman–Crippen MR) is 134 cm³/mol. The lowest BCUT2D eigenvalue weighted by molar-refractivity contribution is -0.143. The Hall–Kier alpha value is -1.83. The quantitative estimate of drug-likeness (QED) is 0.548. The van der Waals surface area contributed by atoms with Gasteiger partial charge in [0.25, 0.3) is 0 Å². The molecule has 7 heteroatoms. The van der Waals surface area contributed by atoms with Crippen molar-refractivity contribution in [2.24, 2.45) is 17.3 Å². The Kier molecular flexibility index (Phi) is 10.0. The molecule has 6 nitrogen and oxygen atoms in total. The van der Waals surface area contributed by atoms with Crippen LogP contribution in [-0.4, -0.2) is 45.1 Å². The molecular weight excluding hydrogens is 436 g/mol. The van der Waals surface area contributed by atoms with E-state index in [1.165, 1.54) is 0 Å². The highest BCUT2D eigenvalue weighted by Gasteiger charge is 2.42. The van der Waals surface area contributed by atoms with Crippen LogP contribution < -0.4 is 5.32 Å². The fraction of sp³-hybridized carbons (Fsp3) is 0.654. The number of aliphatic hydroxyl groups is 2. The third kappa shape index (κ3) is 7.59. The first-order valence-corrected chi connectivity index (χ1v) is 12.8. The van der Waals surface area contributed by atoms with E-state index in [-0.39, 0.29) is 30.1 Å². The van der Waals surface area contributed by atoms with Gasteiger partial charge in [-0.2, -0.15) is 0 Å². The Balaban J connectivity index is 2.27. The molecule has 1 aliphatic heterocycles. The molecule has 5 atom stereocenters. The number of Topliss-reactive ketones (excluding diaryl/α,β-unsaturated/α-hetero) is 1. The van der Waals surface area contributed by atoms with E-state index in [0.29, 0.717) is 6.42 Å². The molecule has 2 rings (SSSR count). The molecule has 0 fully saturated rings. The number of carbonyl (C=O) groups excluding carboxylic acids is 2. The maximum absolute atomic E-state index is 13.1. The maximum Gasteiger partial charge on any atom is 0.223 e. The number of amides is 1. The number of thiazole rings is 1. The molecule has 2 heterocycles. The zero-order valence-corrected chi connectivity index (χ0v) is 21.6. The Morgan fingerprint density at radius 1 is 1.24 bits per heavy atom. The first-order valence-electron chi connectivity index (χ1n) is 11.9. The van der Waals surface area contributed by atoms with Gasteiger partial charge in [0.05, 0.1) is 40.8 Å². The van der Waals surface area contributed by atoms with E-state index in [4.69, 9.17) is 0 Å².